The zero-order valence-corrected chi connectivity index (χ0v) is 20.4. The van der Waals surface area contributed by atoms with Crippen LogP contribution in [0.15, 0.2) is 108 Å². The van der Waals surface area contributed by atoms with E-state index in [1.54, 1.807) is 12.1 Å². The third-order valence-electron chi connectivity index (χ3n) is 4.69. The highest BCUT2D eigenvalue weighted by Gasteiger charge is 2.10. The van der Waals surface area contributed by atoms with Crippen molar-refractivity contribution in [3.05, 3.63) is 120 Å². The van der Waals surface area contributed by atoms with Crippen LogP contribution in [0.2, 0.25) is 0 Å². The van der Waals surface area contributed by atoms with Gasteiger partial charge >= 0.3 is 0 Å². The molecule has 0 saturated carbocycles. The lowest BCUT2D eigenvalue weighted by molar-refractivity contribution is 0.463. The van der Waals surface area contributed by atoms with Gasteiger partial charge in [0.15, 0.2) is 0 Å². The Morgan fingerprint density at radius 2 is 1.15 bits per heavy atom. The van der Waals surface area contributed by atoms with Crippen molar-refractivity contribution in [1.29, 1.82) is 0 Å². The molecule has 0 amide bonds. The number of quaternary nitrogens is 1. The number of hydrogen-bond acceptors (Lipinski definition) is 3. The van der Waals surface area contributed by atoms with Gasteiger partial charge < -0.3 is 4.55 Å². The summed E-state index contributed by atoms with van der Waals surface area (Å²) in [5, 5.41) is 0. The molecule has 0 unspecified atom stereocenters. The van der Waals surface area contributed by atoms with Gasteiger partial charge in [0, 0.05) is 0 Å². The second-order valence-corrected chi connectivity index (χ2v) is 9.76. The highest BCUT2D eigenvalue weighted by molar-refractivity contribution is 7.85. The number of rotatable bonds is 6. The van der Waals surface area contributed by atoms with Crippen LogP contribution < -0.4 is 4.48 Å². The van der Waals surface area contributed by atoms with Crippen LogP contribution in [-0.2, 0) is 10.1 Å². The molecular weight excluding hydrogens is 430 g/mol. The van der Waals surface area contributed by atoms with E-state index in [0.717, 1.165) is 10.0 Å². The Bertz CT molecular complexity index is 1180. The molecule has 4 nitrogen and oxygen atoms in total. The van der Waals surface area contributed by atoms with E-state index in [1.165, 1.54) is 28.9 Å². The molecule has 5 heteroatoms. The van der Waals surface area contributed by atoms with Crippen LogP contribution in [0.5, 0.6) is 0 Å². The van der Waals surface area contributed by atoms with Gasteiger partial charge in [0.05, 0.1) is 26.0 Å². The summed E-state index contributed by atoms with van der Waals surface area (Å²) in [5.74, 6) is 0. The van der Waals surface area contributed by atoms with Crippen LogP contribution in [0.25, 0.3) is 12.2 Å². The molecular formula is C28H31NO3S. The van der Waals surface area contributed by atoms with Crippen molar-refractivity contribution >= 4 is 28.0 Å². The van der Waals surface area contributed by atoms with Gasteiger partial charge in [-0.2, -0.15) is 0 Å². The van der Waals surface area contributed by atoms with Gasteiger partial charge in [-0.15, -0.1) is 0 Å². The molecule has 3 aromatic carbocycles. The zero-order valence-electron chi connectivity index (χ0n) is 19.5. The Morgan fingerprint density at radius 3 is 1.61 bits per heavy atom. The molecule has 0 radical (unpaired) electrons. The molecule has 0 bridgehead atoms. The van der Waals surface area contributed by atoms with E-state index in [9.17, 15) is 13.0 Å². The van der Waals surface area contributed by atoms with Gasteiger partial charge in [0.25, 0.3) is 0 Å². The molecule has 172 valence electrons. The molecule has 0 spiro atoms. The first-order chi connectivity index (χ1) is 15.6. The largest absolute Gasteiger partial charge is 0.744 e. The third-order valence-corrected chi connectivity index (χ3v) is 5.54. The van der Waals surface area contributed by atoms with Crippen LogP contribution in [0.1, 0.15) is 16.7 Å². The fourth-order valence-electron chi connectivity index (χ4n) is 2.76. The highest BCUT2D eigenvalue weighted by atomic mass is 32.2. The number of hydrogen-bond donors (Lipinski definition) is 0. The van der Waals surface area contributed by atoms with Crippen LogP contribution in [0, 0.1) is 6.92 Å². The smallest absolute Gasteiger partial charge is 0.132 e. The Hall–Kier alpha value is -3.25. The molecule has 0 fully saturated rings. The molecule has 0 heterocycles. The van der Waals surface area contributed by atoms with Gasteiger partial charge in [-0.1, -0.05) is 84.5 Å². The van der Waals surface area contributed by atoms with E-state index < -0.39 is 10.1 Å². The van der Waals surface area contributed by atoms with Crippen molar-refractivity contribution in [3.63, 3.8) is 0 Å². The molecule has 0 aromatic heterocycles. The number of aryl methyl sites for hydroxylation is 1. The Labute approximate surface area is 198 Å². The SMILES string of the molecule is C[N+](C)(C)c1ccc(C=CC=CC=Cc2ccccc2)cc1.Cc1ccc(S(=O)(=O)[O-])cc1. The van der Waals surface area contributed by atoms with Crippen molar-refractivity contribution in [2.45, 2.75) is 11.8 Å². The average molecular weight is 462 g/mol. The minimum absolute atomic E-state index is 0.178. The molecule has 3 aromatic rings. The van der Waals surface area contributed by atoms with Gasteiger partial charge in [-0.25, -0.2) is 8.42 Å². The third kappa shape index (κ3) is 9.83. The van der Waals surface area contributed by atoms with E-state index in [-0.39, 0.29) is 4.90 Å². The standard InChI is InChI=1S/C21H24N.C7H8O3S/c1-22(2,3)21-17-15-20(16-18-21)14-8-5-4-7-11-19-12-9-6-10-13-19;1-6-2-4-7(5-3-6)11(8,9)10/h4-18H,1-3H3;2-5H,1H3,(H,8,9,10)/q+1;/p-1. The Morgan fingerprint density at radius 1 is 0.667 bits per heavy atom. The Kier molecular flexibility index (Phi) is 9.55. The van der Waals surface area contributed by atoms with Gasteiger partial charge in [-0.05, 0) is 54.4 Å². The van der Waals surface area contributed by atoms with Crippen molar-refractivity contribution < 1.29 is 13.0 Å². The fourth-order valence-corrected chi connectivity index (χ4v) is 3.23. The van der Waals surface area contributed by atoms with Crippen molar-refractivity contribution in [2.75, 3.05) is 21.1 Å². The Balaban J connectivity index is 0.000000294. The van der Waals surface area contributed by atoms with E-state index in [4.69, 9.17) is 0 Å². The minimum Gasteiger partial charge on any atom is -0.744 e. The van der Waals surface area contributed by atoms with Gasteiger partial charge in [0.2, 0.25) is 0 Å². The van der Waals surface area contributed by atoms with E-state index >= 15 is 0 Å². The first-order valence-corrected chi connectivity index (χ1v) is 12.0. The summed E-state index contributed by atoms with van der Waals surface area (Å²) < 4.78 is 32.0. The minimum atomic E-state index is -4.27. The van der Waals surface area contributed by atoms with Crippen molar-refractivity contribution in [2.24, 2.45) is 0 Å². The molecule has 0 atom stereocenters. The predicted octanol–water partition coefficient (Wildman–Crippen LogP) is 6.07. The van der Waals surface area contributed by atoms with Gasteiger partial charge in [0.1, 0.15) is 15.8 Å². The highest BCUT2D eigenvalue weighted by Crippen LogP contribution is 2.17. The molecule has 0 aliphatic rings. The summed E-state index contributed by atoms with van der Waals surface area (Å²) in [5.41, 5.74) is 4.66. The predicted molar refractivity (Wildman–Crippen MR) is 139 cm³/mol. The maximum Gasteiger partial charge on any atom is 0.132 e. The quantitative estimate of drug-likeness (QED) is 0.254. The zero-order chi connectivity index (χ0) is 24.3. The maximum absolute atomic E-state index is 10.4. The maximum atomic E-state index is 10.4. The molecule has 0 aliphatic carbocycles. The lowest BCUT2D eigenvalue weighted by atomic mass is 10.1. The lowest BCUT2D eigenvalue weighted by Gasteiger charge is -2.23. The summed E-state index contributed by atoms with van der Waals surface area (Å²) in [7, 11) is 2.25. The first-order valence-electron chi connectivity index (χ1n) is 10.6. The topological polar surface area (TPSA) is 57.2 Å². The van der Waals surface area contributed by atoms with Crippen LogP contribution in [0.4, 0.5) is 5.69 Å². The molecule has 0 N–H and O–H groups in total. The molecule has 0 saturated heterocycles. The number of nitrogens with zero attached hydrogens (tertiary/aromatic N) is 1. The van der Waals surface area contributed by atoms with Gasteiger partial charge in [-0.3, -0.25) is 4.48 Å². The van der Waals surface area contributed by atoms with E-state index in [0.29, 0.717) is 0 Å². The van der Waals surface area contributed by atoms with Crippen LogP contribution >= 0.6 is 0 Å². The second kappa shape index (κ2) is 12.1. The summed E-state index contributed by atoms with van der Waals surface area (Å²) in [4.78, 5) is -0.178. The second-order valence-electron chi connectivity index (χ2n) is 8.38. The normalized spacial score (nSPS) is 12.3. The number of benzene rings is 3. The van der Waals surface area contributed by atoms with Crippen LogP contribution in [0.3, 0.4) is 0 Å². The molecule has 3 rings (SSSR count). The first kappa shape index (κ1) is 26.0. The average Bonchev–Trinajstić information content (AvgIpc) is 2.77. The van der Waals surface area contributed by atoms with E-state index in [2.05, 4.69) is 81.8 Å². The van der Waals surface area contributed by atoms with E-state index in [1.807, 2.05) is 37.3 Å². The van der Waals surface area contributed by atoms with Crippen molar-refractivity contribution in [1.82, 2.24) is 4.48 Å². The van der Waals surface area contributed by atoms with Crippen LogP contribution in [-0.4, -0.2) is 34.1 Å². The molecule has 0 aliphatic heterocycles. The van der Waals surface area contributed by atoms with Crippen molar-refractivity contribution in [3.8, 4) is 0 Å². The summed E-state index contributed by atoms with van der Waals surface area (Å²) in [6.45, 7) is 1.82. The molecule has 33 heavy (non-hydrogen) atoms. The fraction of sp³-hybridized carbons (Fsp3) is 0.143. The summed E-state index contributed by atoms with van der Waals surface area (Å²) in [6.07, 6.45) is 12.4. The summed E-state index contributed by atoms with van der Waals surface area (Å²) >= 11 is 0. The number of allylic oxidation sites excluding steroid dienone is 4. The summed E-state index contributed by atoms with van der Waals surface area (Å²) in [6, 6.07) is 24.8. The monoisotopic (exact) mass is 461 g/mol. The lowest BCUT2D eigenvalue weighted by Crippen LogP contribution is -2.34.